The number of alkyl halides is 3. The van der Waals surface area contributed by atoms with E-state index in [1.165, 1.54) is 13.8 Å². The van der Waals surface area contributed by atoms with E-state index < -0.39 is 45.2 Å². The molecule has 0 fully saturated rings. The van der Waals surface area contributed by atoms with Crippen molar-refractivity contribution >= 4 is 21.9 Å². The van der Waals surface area contributed by atoms with Gasteiger partial charge >= 0.3 is 12.1 Å². The number of carboxylic acid groups (broad SMARTS) is 1. The van der Waals surface area contributed by atoms with Crippen molar-refractivity contribution < 1.29 is 31.5 Å². The second kappa shape index (κ2) is 5.90. The highest BCUT2D eigenvalue weighted by Crippen LogP contribution is 2.32. The molecule has 1 aromatic rings. The summed E-state index contributed by atoms with van der Waals surface area (Å²) in [6.07, 6.45) is -4.72. The number of hydrogen-bond donors (Lipinski definition) is 3. The summed E-state index contributed by atoms with van der Waals surface area (Å²) in [5.41, 5.74) is -2.43. The molecule has 0 bridgehead atoms. The first kappa shape index (κ1) is 17.2. The highest BCUT2D eigenvalue weighted by molar-refractivity contribution is 7.90. The van der Waals surface area contributed by atoms with E-state index in [0.29, 0.717) is 12.1 Å². The maximum Gasteiger partial charge on any atom is 0.416 e. The first-order chi connectivity index (χ1) is 9.42. The normalized spacial score (nSPS) is 12.5. The zero-order valence-corrected chi connectivity index (χ0v) is 11.8. The molecule has 0 aliphatic heterocycles. The van der Waals surface area contributed by atoms with Gasteiger partial charge in [-0.2, -0.15) is 26.3 Å². The van der Waals surface area contributed by atoms with Crippen LogP contribution in [-0.4, -0.2) is 25.5 Å². The molecule has 0 aliphatic rings. The van der Waals surface area contributed by atoms with Crippen LogP contribution in [0, 0.1) is 0 Å². The molecule has 0 aliphatic carbocycles. The number of anilines is 1. The highest BCUT2D eigenvalue weighted by atomic mass is 32.2. The molecule has 0 saturated carbocycles. The van der Waals surface area contributed by atoms with E-state index in [2.05, 4.69) is 4.72 Å². The van der Waals surface area contributed by atoms with Crippen molar-refractivity contribution in [2.45, 2.75) is 26.1 Å². The molecule has 0 saturated heterocycles. The Bertz CT molecular complexity index is 641. The van der Waals surface area contributed by atoms with E-state index in [-0.39, 0.29) is 0 Å². The smallest absolute Gasteiger partial charge is 0.416 e. The fourth-order valence-corrected chi connectivity index (χ4v) is 2.62. The molecular weight excluding hydrogens is 313 g/mol. The predicted octanol–water partition coefficient (Wildman–Crippen LogP) is 2.06. The number of aromatic carboxylic acids is 1. The first-order valence-corrected chi connectivity index (χ1v) is 7.15. The van der Waals surface area contributed by atoms with Gasteiger partial charge in [0.1, 0.15) is 0 Å². The maximum atomic E-state index is 12.5. The molecular formula is C11H13F3N2O4S. The third-order valence-corrected chi connectivity index (χ3v) is 3.48. The molecule has 0 spiro atoms. The lowest BCUT2D eigenvalue weighted by atomic mass is 10.1. The van der Waals surface area contributed by atoms with Gasteiger partial charge in [-0.3, -0.25) is 4.72 Å². The third-order valence-electron chi connectivity index (χ3n) is 2.21. The Labute approximate surface area is 119 Å². The van der Waals surface area contributed by atoms with Crippen LogP contribution in [0.4, 0.5) is 18.9 Å². The number of halogens is 3. The Kier molecular flexibility index (Phi) is 4.84. The van der Waals surface area contributed by atoms with Gasteiger partial charge in [0.25, 0.3) is 10.2 Å². The lowest BCUT2D eigenvalue weighted by Gasteiger charge is -2.15. The second-order valence-electron chi connectivity index (χ2n) is 4.44. The summed E-state index contributed by atoms with van der Waals surface area (Å²) in [5.74, 6) is -1.68. The number of carbonyl (C=O) groups is 1. The van der Waals surface area contributed by atoms with E-state index in [9.17, 15) is 26.4 Å². The van der Waals surface area contributed by atoms with Crippen LogP contribution in [0.2, 0.25) is 0 Å². The summed E-state index contributed by atoms with van der Waals surface area (Å²) in [4.78, 5) is 11.0. The topological polar surface area (TPSA) is 95.5 Å². The predicted molar refractivity (Wildman–Crippen MR) is 69.2 cm³/mol. The SMILES string of the molecule is CC(C)NS(=O)(=O)Nc1ccc(C(F)(F)F)cc1C(=O)O. The van der Waals surface area contributed by atoms with Crippen LogP contribution in [0.15, 0.2) is 18.2 Å². The molecule has 0 unspecified atom stereocenters. The van der Waals surface area contributed by atoms with Gasteiger partial charge in [-0.1, -0.05) is 0 Å². The molecule has 118 valence electrons. The summed E-state index contributed by atoms with van der Waals surface area (Å²) >= 11 is 0. The van der Waals surface area contributed by atoms with E-state index in [1.54, 1.807) is 0 Å². The monoisotopic (exact) mass is 326 g/mol. The quantitative estimate of drug-likeness (QED) is 0.772. The van der Waals surface area contributed by atoms with Crippen molar-refractivity contribution in [1.29, 1.82) is 0 Å². The number of rotatable bonds is 5. The third kappa shape index (κ3) is 4.90. The van der Waals surface area contributed by atoms with E-state index in [4.69, 9.17) is 5.11 Å². The zero-order valence-electron chi connectivity index (χ0n) is 11.0. The van der Waals surface area contributed by atoms with Crippen molar-refractivity contribution in [2.24, 2.45) is 0 Å². The fraction of sp³-hybridized carbons (Fsp3) is 0.364. The Hall–Kier alpha value is -1.81. The molecule has 0 aromatic heterocycles. The molecule has 0 amide bonds. The Morgan fingerprint density at radius 3 is 2.29 bits per heavy atom. The molecule has 0 radical (unpaired) electrons. The Morgan fingerprint density at radius 2 is 1.86 bits per heavy atom. The Morgan fingerprint density at radius 1 is 1.29 bits per heavy atom. The van der Waals surface area contributed by atoms with Crippen molar-refractivity contribution in [2.75, 3.05) is 4.72 Å². The van der Waals surface area contributed by atoms with Crippen LogP contribution in [0.5, 0.6) is 0 Å². The van der Waals surface area contributed by atoms with E-state index in [0.717, 1.165) is 6.07 Å². The summed E-state index contributed by atoms with van der Waals surface area (Å²) in [6, 6.07) is 1.26. The van der Waals surface area contributed by atoms with Crippen molar-refractivity contribution in [3.8, 4) is 0 Å². The zero-order chi connectivity index (χ0) is 16.4. The molecule has 0 heterocycles. The molecule has 0 atom stereocenters. The number of carboxylic acids is 1. The van der Waals surface area contributed by atoms with Crippen LogP contribution in [0.3, 0.4) is 0 Å². The summed E-state index contributed by atoms with van der Waals surface area (Å²) in [5, 5.41) is 8.91. The van der Waals surface area contributed by atoms with Gasteiger partial charge in [0.2, 0.25) is 0 Å². The van der Waals surface area contributed by atoms with E-state index >= 15 is 0 Å². The van der Waals surface area contributed by atoms with Crippen molar-refractivity contribution in [1.82, 2.24) is 4.72 Å². The minimum Gasteiger partial charge on any atom is -0.478 e. The van der Waals surface area contributed by atoms with Gasteiger partial charge in [0, 0.05) is 6.04 Å². The summed E-state index contributed by atoms with van der Waals surface area (Å²) < 4.78 is 64.9. The fourth-order valence-electron chi connectivity index (χ4n) is 1.47. The van der Waals surface area contributed by atoms with Gasteiger partial charge in [0.15, 0.2) is 0 Å². The molecule has 10 heteroatoms. The lowest BCUT2D eigenvalue weighted by molar-refractivity contribution is -0.137. The maximum absolute atomic E-state index is 12.5. The van der Waals surface area contributed by atoms with Gasteiger partial charge in [0.05, 0.1) is 16.8 Å². The first-order valence-electron chi connectivity index (χ1n) is 5.67. The minimum absolute atomic E-state index is 0.371. The van der Waals surface area contributed by atoms with Gasteiger partial charge in [-0.25, -0.2) is 4.79 Å². The van der Waals surface area contributed by atoms with Crippen LogP contribution >= 0.6 is 0 Å². The molecule has 6 nitrogen and oxygen atoms in total. The highest BCUT2D eigenvalue weighted by Gasteiger charge is 2.32. The van der Waals surface area contributed by atoms with Gasteiger partial charge in [-0.05, 0) is 32.0 Å². The van der Waals surface area contributed by atoms with Crippen LogP contribution in [0.1, 0.15) is 29.8 Å². The average molecular weight is 326 g/mol. The summed E-state index contributed by atoms with van der Waals surface area (Å²) in [7, 11) is -4.08. The standard InChI is InChI=1S/C11H13F3N2O4S/c1-6(2)15-21(19,20)16-9-4-3-7(11(12,13)14)5-8(9)10(17)18/h3-6,15-16H,1-2H3,(H,17,18). The molecule has 1 aromatic carbocycles. The second-order valence-corrected chi connectivity index (χ2v) is 5.89. The molecule has 1 rings (SSSR count). The molecule has 21 heavy (non-hydrogen) atoms. The van der Waals surface area contributed by atoms with Crippen LogP contribution < -0.4 is 9.44 Å². The van der Waals surface area contributed by atoms with E-state index in [1.807, 2.05) is 4.72 Å². The molecule has 3 N–H and O–H groups in total. The largest absolute Gasteiger partial charge is 0.478 e. The number of benzene rings is 1. The lowest BCUT2D eigenvalue weighted by Crippen LogP contribution is -2.35. The number of nitrogens with one attached hydrogen (secondary N) is 2. The van der Waals surface area contributed by atoms with Crippen molar-refractivity contribution in [3.63, 3.8) is 0 Å². The van der Waals surface area contributed by atoms with Gasteiger partial charge < -0.3 is 5.11 Å². The van der Waals surface area contributed by atoms with Crippen molar-refractivity contribution in [3.05, 3.63) is 29.3 Å². The van der Waals surface area contributed by atoms with Crippen LogP contribution in [-0.2, 0) is 16.4 Å². The average Bonchev–Trinajstić information content (AvgIpc) is 2.24. The van der Waals surface area contributed by atoms with Gasteiger partial charge in [-0.15, -0.1) is 0 Å². The Balaban J connectivity index is 3.23. The summed E-state index contributed by atoms with van der Waals surface area (Å²) in [6.45, 7) is 3.06. The van der Waals surface area contributed by atoms with Crippen LogP contribution in [0.25, 0.3) is 0 Å². The minimum atomic E-state index is -4.72. The number of hydrogen-bond acceptors (Lipinski definition) is 3.